The molecule has 2 aromatic rings. The first-order valence-electron chi connectivity index (χ1n) is 7.13. The highest BCUT2D eigenvalue weighted by molar-refractivity contribution is 6.21. The number of nitrogens with one attached hydrogen (secondary N) is 1. The minimum absolute atomic E-state index is 0.0729. The number of aromatic nitrogens is 2. The molecule has 2 atom stereocenters. The lowest BCUT2D eigenvalue weighted by atomic mass is 10.1. The Kier molecular flexibility index (Phi) is 3.72. The molecule has 4 nitrogen and oxygen atoms in total. The van der Waals surface area contributed by atoms with E-state index in [2.05, 4.69) is 22.4 Å². The molecule has 0 amide bonds. The number of nitrogens with zero attached hydrogens (tertiary/aromatic N) is 2. The number of anilines is 1. The summed E-state index contributed by atoms with van der Waals surface area (Å²) < 4.78 is 1.67. The van der Waals surface area contributed by atoms with Crippen molar-refractivity contribution >= 4 is 17.4 Å². The minimum atomic E-state index is -0.110. The fourth-order valence-electron chi connectivity index (χ4n) is 2.79. The third-order valence-corrected chi connectivity index (χ3v) is 4.29. The topological polar surface area (TPSA) is 46.9 Å². The summed E-state index contributed by atoms with van der Waals surface area (Å²) >= 11 is 6.45. The normalized spacial score (nSPS) is 20.6. The molecular formula is C16H18ClN3O. The van der Waals surface area contributed by atoms with Crippen molar-refractivity contribution in [3.05, 3.63) is 58.1 Å². The second-order valence-corrected chi connectivity index (χ2v) is 6.18. The van der Waals surface area contributed by atoms with Gasteiger partial charge in [-0.25, -0.2) is 4.98 Å². The highest BCUT2D eigenvalue weighted by Crippen LogP contribution is 2.36. The van der Waals surface area contributed by atoms with Crippen LogP contribution in [0, 0.1) is 0 Å². The van der Waals surface area contributed by atoms with Crippen molar-refractivity contribution < 1.29 is 0 Å². The summed E-state index contributed by atoms with van der Waals surface area (Å²) in [6.07, 6.45) is 4.16. The van der Waals surface area contributed by atoms with E-state index in [4.69, 9.17) is 11.6 Å². The predicted octanol–water partition coefficient (Wildman–Crippen LogP) is 3.14. The summed E-state index contributed by atoms with van der Waals surface area (Å²) in [6, 6.07) is 8.16. The predicted molar refractivity (Wildman–Crippen MR) is 85.0 cm³/mol. The molecule has 1 aromatic heterocycles. The van der Waals surface area contributed by atoms with Crippen molar-refractivity contribution in [3.8, 4) is 0 Å². The minimum Gasteiger partial charge on any atom is -0.357 e. The Bertz CT molecular complexity index is 711. The van der Waals surface area contributed by atoms with Gasteiger partial charge in [0.2, 0.25) is 0 Å². The number of alkyl halides is 1. The molecule has 0 spiro atoms. The molecule has 5 heteroatoms. The van der Waals surface area contributed by atoms with E-state index in [0.29, 0.717) is 5.82 Å². The van der Waals surface area contributed by atoms with Gasteiger partial charge in [-0.15, -0.1) is 11.6 Å². The first-order valence-corrected chi connectivity index (χ1v) is 7.57. The Morgan fingerprint density at radius 3 is 2.90 bits per heavy atom. The van der Waals surface area contributed by atoms with Gasteiger partial charge in [0, 0.05) is 18.4 Å². The molecule has 0 saturated carbocycles. The molecule has 1 heterocycles. The standard InChI is InChI=1S/C16H18ClN3O/c1-10(2)20-8-7-18-15(16(20)21)19-14-12-6-4-3-5-11(12)9-13(14)17/h3-8,10,13-14H,9H2,1-2H3,(H,18,19). The zero-order valence-electron chi connectivity index (χ0n) is 12.1. The Morgan fingerprint density at radius 1 is 1.38 bits per heavy atom. The molecule has 0 fully saturated rings. The maximum absolute atomic E-state index is 12.4. The van der Waals surface area contributed by atoms with Gasteiger partial charge >= 0.3 is 0 Å². The number of hydrogen-bond acceptors (Lipinski definition) is 3. The SMILES string of the molecule is CC(C)n1ccnc(NC2c3ccccc3CC2Cl)c1=O. The van der Waals surface area contributed by atoms with Gasteiger partial charge in [0.05, 0.1) is 11.4 Å². The second kappa shape index (κ2) is 5.53. The van der Waals surface area contributed by atoms with Crippen LogP contribution in [0.4, 0.5) is 5.82 Å². The zero-order valence-corrected chi connectivity index (χ0v) is 12.8. The van der Waals surface area contributed by atoms with Gasteiger partial charge in [-0.05, 0) is 31.4 Å². The number of hydrogen-bond donors (Lipinski definition) is 1. The van der Waals surface area contributed by atoms with Crippen LogP contribution in [-0.4, -0.2) is 14.9 Å². The van der Waals surface area contributed by atoms with E-state index in [0.717, 1.165) is 12.0 Å². The Morgan fingerprint density at radius 2 is 2.14 bits per heavy atom. The fourth-order valence-corrected chi connectivity index (χ4v) is 3.16. The highest BCUT2D eigenvalue weighted by atomic mass is 35.5. The van der Waals surface area contributed by atoms with Crippen LogP contribution < -0.4 is 10.9 Å². The van der Waals surface area contributed by atoms with E-state index < -0.39 is 0 Å². The van der Waals surface area contributed by atoms with E-state index in [1.54, 1.807) is 17.0 Å². The van der Waals surface area contributed by atoms with Crippen LogP contribution in [0.1, 0.15) is 37.1 Å². The van der Waals surface area contributed by atoms with Crippen molar-refractivity contribution in [1.82, 2.24) is 9.55 Å². The first-order chi connectivity index (χ1) is 10.1. The molecule has 21 heavy (non-hydrogen) atoms. The van der Waals surface area contributed by atoms with Crippen molar-refractivity contribution in [2.24, 2.45) is 0 Å². The van der Waals surface area contributed by atoms with Gasteiger partial charge in [0.15, 0.2) is 5.82 Å². The van der Waals surface area contributed by atoms with Crippen LogP contribution in [0.5, 0.6) is 0 Å². The maximum atomic E-state index is 12.4. The molecule has 0 radical (unpaired) electrons. The van der Waals surface area contributed by atoms with Gasteiger partial charge in [-0.1, -0.05) is 24.3 Å². The quantitative estimate of drug-likeness (QED) is 0.886. The van der Waals surface area contributed by atoms with E-state index in [1.807, 2.05) is 26.0 Å². The number of halogens is 1. The second-order valence-electron chi connectivity index (χ2n) is 5.62. The molecule has 0 saturated heterocycles. The summed E-state index contributed by atoms with van der Waals surface area (Å²) in [5.74, 6) is 0.360. The molecule has 1 aliphatic carbocycles. The van der Waals surface area contributed by atoms with Crippen molar-refractivity contribution in [2.45, 2.75) is 37.7 Å². The average molecular weight is 304 g/mol. The number of fused-ring (bicyclic) bond motifs is 1. The third kappa shape index (κ3) is 2.56. The van der Waals surface area contributed by atoms with Gasteiger partial charge in [-0.3, -0.25) is 4.79 Å². The summed E-state index contributed by atoms with van der Waals surface area (Å²) in [4.78, 5) is 16.6. The zero-order chi connectivity index (χ0) is 15.0. The molecule has 1 aromatic carbocycles. The van der Waals surface area contributed by atoms with E-state index in [1.165, 1.54) is 5.56 Å². The summed E-state index contributed by atoms with van der Waals surface area (Å²) in [5.41, 5.74) is 2.27. The monoisotopic (exact) mass is 303 g/mol. The Labute approximate surface area is 128 Å². The number of benzene rings is 1. The van der Waals surface area contributed by atoms with Crippen LogP contribution in [0.3, 0.4) is 0 Å². The van der Waals surface area contributed by atoms with E-state index >= 15 is 0 Å². The van der Waals surface area contributed by atoms with Gasteiger partial charge < -0.3 is 9.88 Å². The molecule has 110 valence electrons. The average Bonchev–Trinajstić information content (AvgIpc) is 2.77. The van der Waals surface area contributed by atoms with E-state index in [9.17, 15) is 4.79 Å². The maximum Gasteiger partial charge on any atom is 0.293 e. The van der Waals surface area contributed by atoms with E-state index in [-0.39, 0.29) is 23.0 Å². The molecular weight excluding hydrogens is 286 g/mol. The van der Waals surface area contributed by atoms with Crippen LogP contribution >= 0.6 is 11.6 Å². The molecule has 1 N–H and O–H groups in total. The van der Waals surface area contributed by atoms with Crippen LogP contribution in [0.2, 0.25) is 0 Å². The molecule has 3 rings (SSSR count). The molecule has 0 bridgehead atoms. The highest BCUT2D eigenvalue weighted by Gasteiger charge is 2.31. The van der Waals surface area contributed by atoms with Crippen molar-refractivity contribution in [2.75, 3.05) is 5.32 Å². The smallest absolute Gasteiger partial charge is 0.293 e. The van der Waals surface area contributed by atoms with Gasteiger partial charge in [0.25, 0.3) is 5.56 Å². The van der Waals surface area contributed by atoms with Crippen molar-refractivity contribution in [1.29, 1.82) is 0 Å². The first kappa shape index (κ1) is 14.1. The molecule has 2 unspecified atom stereocenters. The van der Waals surface area contributed by atoms with Crippen molar-refractivity contribution in [3.63, 3.8) is 0 Å². The van der Waals surface area contributed by atoms with Crippen LogP contribution in [0.25, 0.3) is 0 Å². The van der Waals surface area contributed by atoms with Crippen LogP contribution in [-0.2, 0) is 6.42 Å². The lowest BCUT2D eigenvalue weighted by Gasteiger charge is -2.19. The molecule has 1 aliphatic rings. The van der Waals surface area contributed by atoms with Gasteiger partial charge in [0.1, 0.15) is 0 Å². The largest absolute Gasteiger partial charge is 0.357 e. The Balaban J connectivity index is 1.95. The van der Waals surface area contributed by atoms with Gasteiger partial charge in [-0.2, -0.15) is 0 Å². The molecule has 0 aliphatic heterocycles. The summed E-state index contributed by atoms with van der Waals surface area (Å²) in [5, 5.41) is 3.16. The van der Waals surface area contributed by atoms with Crippen LogP contribution in [0.15, 0.2) is 41.5 Å². The fraction of sp³-hybridized carbons (Fsp3) is 0.375. The lowest BCUT2D eigenvalue weighted by molar-refractivity contribution is 0.574. The summed E-state index contributed by atoms with van der Waals surface area (Å²) in [7, 11) is 0. The Hall–Kier alpha value is -1.81. The number of rotatable bonds is 3. The summed E-state index contributed by atoms with van der Waals surface area (Å²) in [6.45, 7) is 3.95. The third-order valence-electron chi connectivity index (χ3n) is 3.88. The lowest BCUT2D eigenvalue weighted by Crippen LogP contribution is -2.28.